The smallest absolute Gasteiger partial charge is 0.276 e. The Balaban J connectivity index is 1.38. The molecular formula is C28H29ClN2O5S. The molecule has 0 saturated carbocycles. The Bertz CT molecular complexity index is 1300. The fourth-order valence-electron chi connectivity index (χ4n) is 3.90. The maximum atomic E-state index is 13.0. The Kier molecular flexibility index (Phi) is 8.74. The van der Waals surface area contributed by atoms with Crippen molar-refractivity contribution in [3.05, 3.63) is 81.9 Å². The molecular weight excluding hydrogens is 512 g/mol. The van der Waals surface area contributed by atoms with Gasteiger partial charge in [-0.15, -0.1) is 0 Å². The average molecular weight is 541 g/mol. The number of hydrogen-bond donors (Lipinski definition) is 1. The van der Waals surface area contributed by atoms with Crippen LogP contribution < -0.4 is 19.5 Å². The summed E-state index contributed by atoms with van der Waals surface area (Å²) in [6.07, 6.45) is 2.25. The molecule has 3 aromatic rings. The van der Waals surface area contributed by atoms with E-state index in [4.69, 9.17) is 42.4 Å². The van der Waals surface area contributed by atoms with Gasteiger partial charge in [0.1, 0.15) is 29.6 Å². The summed E-state index contributed by atoms with van der Waals surface area (Å²) in [6.45, 7) is 7.53. The zero-order valence-corrected chi connectivity index (χ0v) is 22.6. The summed E-state index contributed by atoms with van der Waals surface area (Å²) in [4.78, 5) is 14.6. The normalized spacial score (nSPS) is 14.3. The molecule has 0 radical (unpaired) electrons. The van der Waals surface area contributed by atoms with Crippen LogP contribution in [0.25, 0.3) is 6.08 Å². The van der Waals surface area contributed by atoms with E-state index < -0.39 is 0 Å². The molecule has 0 unspecified atom stereocenters. The summed E-state index contributed by atoms with van der Waals surface area (Å²) < 4.78 is 23.0. The van der Waals surface area contributed by atoms with Crippen LogP contribution in [-0.4, -0.2) is 35.7 Å². The van der Waals surface area contributed by atoms with Gasteiger partial charge in [0.05, 0.1) is 18.2 Å². The molecule has 0 bridgehead atoms. The lowest BCUT2D eigenvalue weighted by molar-refractivity contribution is -0.122. The lowest BCUT2D eigenvalue weighted by Gasteiger charge is -2.15. The van der Waals surface area contributed by atoms with Crippen molar-refractivity contribution in [3.8, 4) is 17.2 Å². The highest BCUT2D eigenvalue weighted by atomic mass is 35.5. The number of ether oxygens (including phenoxy) is 3. The van der Waals surface area contributed by atoms with Crippen molar-refractivity contribution in [2.24, 2.45) is 0 Å². The van der Waals surface area contributed by atoms with Gasteiger partial charge in [-0.05, 0) is 80.9 Å². The van der Waals surface area contributed by atoms with E-state index in [0.29, 0.717) is 70.8 Å². The second kappa shape index (κ2) is 12.2. The molecule has 4 rings (SSSR count). The number of benzene rings is 2. The molecule has 1 aromatic heterocycles. The molecule has 1 saturated heterocycles. The Hall–Kier alpha value is -3.49. The zero-order chi connectivity index (χ0) is 26.4. The highest BCUT2D eigenvalue weighted by Crippen LogP contribution is 2.30. The number of aryl methyl sites for hydroxylation is 1. The highest BCUT2D eigenvalue weighted by Gasteiger charge is 2.30. The van der Waals surface area contributed by atoms with Gasteiger partial charge in [0.2, 0.25) is 0 Å². The third-order valence-electron chi connectivity index (χ3n) is 5.69. The van der Waals surface area contributed by atoms with Crippen molar-refractivity contribution in [2.45, 2.75) is 33.8 Å². The van der Waals surface area contributed by atoms with Crippen molar-refractivity contribution < 1.29 is 23.4 Å². The minimum Gasteiger partial charge on any atom is -0.490 e. The van der Waals surface area contributed by atoms with Crippen LogP contribution in [0.15, 0.2) is 58.6 Å². The van der Waals surface area contributed by atoms with Crippen molar-refractivity contribution in [1.82, 2.24) is 10.2 Å². The molecule has 194 valence electrons. The fraction of sp³-hybridized carbons (Fsp3) is 0.286. The lowest BCUT2D eigenvalue weighted by atomic mass is 10.1. The second-order valence-electron chi connectivity index (χ2n) is 8.32. The minimum atomic E-state index is -0.207. The van der Waals surface area contributed by atoms with Gasteiger partial charge in [-0.25, -0.2) is 0 Å². The van der Waals surface area contributed by atoms with Gasteiger partial charge >= 0.3 is 0 Å². The molecule has 1 N–H and O–H groups in total. The summed E-state index contributed by atoms with van der Waals surface area (Å²) in [5.74, 6) is 2.94. The summed E-state index contributed by atoms with van der Waals surface area (Å²) >= 11 is 11.6. The van der Waals surface area contributed by atoms with E-state index in [1.165, 1.54) is 0 Å². The van der Waals surface area contributed by atoms with E-state index in [-0.39, 0.29) is 12.5 Å². The Morgan fingerprint density at radius 1 is 1.05 bits per heavy atom. The summed E-state index contributed by atoms with van der Waals surface area (Å²) in [7, 11) is 0. The Morgan fingerprint density at radius 3 is 2.59 bits per heavy atom. The molecule has 0 atom stereocenters. The van der Waals surface area contributed by atoms with Gasteiger partial charge in [0.25, 0.3) is 5.91 Å². The van der Waals surface area contributed by atoms with Gasteiger partial charge in [-0.2, -0.15) is 0 Å². The number of rotatable bonds is 11. The first kappa shape index (κ1) is 26.6. The van der Waals surface area contributed by atoms with Crippen LogP contribution in [0.1, 0.15) is 36.5 Å². The predicted molar refractivity (Wildman–Crippen MR) is 147 cm³/mol. The third kappa shape index (κ3) is 6.45. The third-order valence-corrected chi connectivity index (χ3v) is 6.31. The first-order valence-electron chi connectivity index (χ1n) is 12.1. The van der Waals surface area contributed by atoms with Gasteiger partial charge in [-0.3, -0.25) is 9.69 Å². The fourth-order valence-corrected chi connectivity index (χ4v) is 4.46. The van der Waals surface area contributed by atoms with Crippen LogP contribution in [0.3, 0.4) is 0 Å². The second-order valence-corrected chi connectivity index (χ2v) is 9.11. The van der Waals surface area contributed by atoms with E-state index in [0.717, 1.165) is 11.1 Å². The maximum absolute atomic E-state index is 13.0. The van der Waals surface area contributed by atoms with E-state index >= 15 is 0 Å². The predicted octanol–water partition coefficient (Wildman–Crippen LogP) is 5.92. The van der Waals surface area contributed by atoms with E-state index in [2.05, 4.69) is 5.32 Å². The van der Waals surface area contributed by atoms with E-state index in [1.54, 1.807) is 29.2 Å². The number of nitrogens with one attached hydrogen (secondary N) is 1. The van der Waals surface area contributed by atoms with Crippen molar-refractivity contribution >= 4 is 40.9 Å². The number of furan rings is 1. The topological polar surface area (TPSA) is 73.2 Å². The van der Waals surface area contributed by atoms with E-state index in [9.17, 15) is 4.79 Å². The Labute approximate surface area is 226 Å². The van der Waals surface area contributed by atoms with Crippen molar-refractivity contribution in [2.75, 3.05) is 19.8 Å². The first-order chi connectivity index (χ1) is 17.9. The van der Waals surface area contributed by atoms with Crippen LogP contribution in [0.2, 0.25) is 5.02 Å². The summed E-state index contributed by atoms with van der Waals surface area (Å²) in [5.41, 5.74) is 2.31. The molecule has 1 fully saturated rings. The van der Waals surface area contributed by atoms with Crippen molar-refractivity contribution in [1.29, 1.82) is 0 Å². The number of thiocarbonyl (C=S) groups is 1. The van der Waals surface area contributed by atoms with Crippen LogP contribution in [0, 0.1) is 6.92 Å². The first-order valence-corrected chi connectivity index (χ1v) is 12.9. The molecule has 37 heavy (non-hydrogen) atoms. The number of hydrogen-bond acceptors (Lipinski definition) is 6. The highest BCUT2D eigenvalue weighted by molar-refractivity contribution is 7.80. The molecule has 2 heterocycles. The average Bonchev–Trinajstić information content (AvgIpc) is 3.42. The monoisotopic (exact) mass is 540 g/mol. The number of carbonyl (C=O) groups excluding carboxylic acids is 1. The van der Waals surface area contributed by atoms with Crippen LogP contribution in [0.5, 0.6) is 17.2 Å². The molecule has 9 heteroatoms. The molecule has 0 aliphatic carbocycles. The molecule has 2 aromatic carbocycles. The lowest BCUT2D eigenvalue weighted by Crippen LogP contribution is -2.32. The largest absolute Gasteiger partial charge is 0.490 e. The van der Waals surface area contributed by atoms with Crippen LogP contribution in [0.4, 0.5) is 0 Å². The molecule has 7 nitrogen and oxygen atoms in total. The SMILES string of the molecule is CCOc1ccc(CCN2C(=O)/C(=C\c3ccc(COc4c(C)cccc4Cl)o3)NC2=S)cc1OCC. The molecule has 1 aliphatic rings. The van der Waals surface area contributed by atoms with Gasteiger partial charge < -0.3 is 23.9 Å². The Morgan fingerprint density at radius 2 is 1.84 bits per heavy atom. The number of amides is 1. The number of halogens is 1. The van der Waals surface area contributed by atoms with Crippen molar-refractivity contribution in [3.63, 3.8) is 0 Å². The van der Waals surface area contributed by atoms with Gasteiger partial charge in [0.15, 0.2) is 16.6 Å². The van der Waals surface area contributed by atoms with Crippen LogP contribution >= 0.6 is 23.8 Å². The maximum Gasteiger partial charge on any atom is 0.276 e. The number of carbonyl (C=O) groups is 1. The number of nitrogens with zero attached hydrogens (tertiary/aromatic N) is 1. The number of para-hydroxylation sites is 1. The molecule has 0 spiro atoms. The van der Waals surface area contributed by atoms with Crippen LogP contribution in [-0.2, 0) is 17.8 Å². The quantitative estimate of drug-likeness (QED) is 0.239. The standard InChI is InChI=1S/C28H29ClN2O5S/c1-4-33-24-12-9-19(15-25(24)34-5-2)13-14-31-27(32)23(30-28(31)37)16-20-10-11-21(36-20)17-35-26-18(3)7-6-8-22(26)29/h6-12,15-16H,4-5,13-14,17H2,1-3H3,(H,30,37)/b23-16+. The summed E-state index contributed by atoms with van der Waals surface area (Å²) in [6, 6.07) is 15.0. The van der Waals surface area contributed by atoms with Gasteiger partial charge in [-0.1, -0.05) is 29.8 Å². The van der Waals surface area contributed by atoms with Gasteiger partial charge in [0, 0.05) is 12.6 Å². The van der Waals surface area contributed by atoms with E-state index in [1.807, 2.05) is 51.1 Å². The molecule has 1 aliphatic heterocycles. The minimum absolute atomic E-state index is 0.207. The zero-order valence-electron chi connectivity index (χ0n) is 21.0. The molecule has 1 amide bonds. The summed E-state index contributed by atoms with van der Waals surface area (Å²) in [5, 5.41) is 3.90.